The summed E-state index contributed by atoms with van der Waals surface area (Å²) in [5.74, 6) is 0.563. The van der Waals surface area contributed by atoms with Gasteiger partial charge in [0.05, 0.1) is 12.4 Å². The normalized spacial score (nSPS) is 10.6. The number of para-hydroxylation sites is 1. The topological polar surface area (TPSA) is 57.0 Å². The number of carbonyl (C=O) groups is 1. The number of aromatic nitrogens is 3. The first-order valence-corrected chi connectivity index (χ1v) is 9.10. The van der Waals surface area contributed by atoms with Gasteiger partial charge < -0.3 is 4.74 Å². The highest BCUT2D eigenvalue weighted by Gasteiger charge is 2.17. The van der Waals surface area contributed by atoms with Gasteiger partial charge in [-0.2, -0.15) is 0 Å². The molecule has 128 valence electrons. The molecule has 0 fully saturated rings. The zero-order valence-corrected chi connectivity index (χ0v) is 15.1. The Kier molecular flexibility index (Phi) is 5.73. The molecule has 5 nitrogen and oxygen atoms in total. The van der Waals surface area contributed by atoms with Gasteiger partial charge in [0.25, 0.3) is 0 Å². The van der Waals surface area contributed by atoms with Gasteiger partial charge in [-0.1, -0.05) is 53.7 Å². The first-order valence-electron chi connectivity index (χ1n) is 7.74. The molecule has 0 aliphatic rings. The summed E-state index contributed by atoms with van der Waals surface area (Å²) in [5.41, 5.74) is 1.76. The largest absolute Gasteiger partial charge is 0.465 e. The van der Waals surface area contributed by atoms with Gasteiger partial charge in [-0.3, -0.25) is 9.36 Å². The summed E-state index contributed by atoms with van der Waals surface area (Å²) in [4.78, 5) is 11.7. The van der Waals surface area contributed by atoms with E-state index in [0.717, 1.165) is 11.3 Å². The molecule has 3 aromatic rings. The van der Waals surface area contributed by atoms with E-state index in [1.54, 1.807) is 6.92 Å². The second-order valence-corrected chi connectivity index (χ2v) is 6.46. The fraction of sp³-hybridized carbons (Fsp3) is 0.167. The number of hydrogen-bond donors (Lipinski definition) is 0. The highest BCUT2D eigenvalue weighted by atomic mass is 35.5. The lowest BCUT2D eigenvalue weighted by molar-refractivity contribution is -0.139. The van der Waals surface area contributed by atoms with E-state index < -0.39 is 0 Å². The molecular formula is C18H16ClN3O2S. The highest BCUT2D eigenvalue weighted by molar-refractivity contribution is 7.99. The molecule has 1 heterocycles. The number of hydrogen-bond acceptors (Lipinski definition) is 5. The Labute approximate surface area is 155 Å². The molecule has 0 unspecified atom stereocenters. The van der Waals surface area contributed by atoms with Crippen molar-refractivity contribution in [3.8, 4) is 17.1 Å². The van der Waals surface area contributed by atoms with Crippen molar-refractivity contribution in [1.29, 1.82) is 0 Å². The van der Waals surface area contributed by atoms with Gasteiger partial charge in [0, 0.05) is 16.3 Å². The molecule has 0 saturated carbocycles. The predicted molar refractivity (Wildman–Crippen MR) is 99.2 cm³/mol. The maximum absolute atomic E-state index is 11.7. The first kappa shape index (κ1) is 17.5. The molecule has 25 heavy (non-hydrogen) atoms. The van der Waals surface area contributed by atoms with Crippen molar-refractivity contribution in [2.75, 3.05) is 12.4 Å². The minimum Gasteiger partial charge on any atom is -0.465 e. The quantitative estimate of drug-likeness (QED) is 0.477. The van der Waals surface area contributed by atoms with Crippen LogP contribution < -0.4 is 0 Å². The Morgan fingerprint density at radius 2 is 1.96 bits per heavy atom. The molecule has 3 rings (SSSR count). The van der Waals surface area contributed by atoms with Crippen molar-refractivity contribution >= 4 is 29.3 Å². The number of thioether (sulfide) groups is 1. The lowest BCUT2D eigenvalue weighted by Crippen LogP contribution is -2.08. The average Bonchev–Trinajstić information content (AvgIpc) is 3.05. The van der Waals surface area contributed by atoms with Crippen LogP contribution in [0, 0.1) is 0 Å². The van der Waals surface area contributed by atoms with Gasteiger partial charge >= 0.3 is 5.97 Å². The molecule has 0 amide bonds. The third kappa shape index (κ3) is 4.21. The van der Waals surface area contributed by atoms with E-state index in [1.807, 2.05) is 59.2 Å². The van der Waals surface area contributed by atoms with E-state index in [4.69, 9.17) is 16.3 Å². The standard InChI is InChI=1S/C18H16ClN3O2S/c1-2-24-16(23)12-25-18-21-20-17(13-7-6-8-14(19)11-13)22(18)15-9-4-3-5-10-15/h3-11H,2,12H2,1H3. The van der Waals surface area contributed by atoms with Crippen LogP contribution in [0.5, 0.6) is 0 Å². The lowest BCUT2D eigenvalue weighted by Gasteiger charge is -2.10. The molecule has 1 aromatic heterocycles. The van der Waals surface area contributed by atoms with Crippen LogP contribution >= 0.6 is 23.4 Å². The molecule has 0 aliphatic carbocycles. The van der Waals surface area contributed by atoms with Gasteiger partial charge in [0.15, 0.2) is 11.0 Å². The maximum Gasteiger partial charge on any atom is 0.316 e. The van der Waals surface area contributed by atoms with Crippen LogP contribution in [-0.4, -0.2) is 33.1 Å². The fourth-order valence-electron chi connectivity index (χ4n) is 2.31. The minimum atomic E-state index is -0.278. The summed E-state index contributed by atoms with van der Waals surface area (Å²) < 4.78 is 6.89. The molecule has 0 spiro atoms. The summed E-state index contributed by atoms with van der Waals surface area (Å²) in [6.07, 6.45) is 0. The third-order valence-corrected chi connectivity index (χ3v) is 4.49. The third-order valence-electron chi connectivity index (χ3n) is 3.36. The van der Waals surface area contributed by atoms with E-state index in [1.165, 1.54) is 11.8 Å². The number of ether oxygens (including phenoxy) is 1. The van der Waals surface area contributed by atoms with Crippen LogP contribution in [0.2, 0.25) is 5.02 Å². The fourth-order valence-corrected chi connectivity index (χ4v) is 3.25. The zero-order chi connectivity index (χ0) is 17.6. The zero-order valence-electron chi connectivity index (χ0n) is 13.6. The monoisotopic (exact) mass is 373 g/mol. The Morgan fingerprint density at radius 1 is 1.16 bits per heavy atom. The Hall–Kier alpha value is -2.31. The predicted octanol–water partition coefficient (Wildman–Crippen LogP) is 4.24. The van der Waals surface area contributed by atoms with Gasteiger partial charge in [-0.15, -0.1) is 10.2 Å². The number of esters is 1. The maximum atomic E-state index is 11.7. The molecule has 0 atom stereocenters. The van der Waals surface area contributed by atoms with Gasteiger partial charge in [-0.25, -0.2) is 0 Å². The van der Waals surface area contributed by atoms with E-state index in [-0.39, 0.29) is 11.7 Å². The number of nitrogens with zero attached hydrogens (tertiary/aromatic N) is 3. The Bertz CT molecular complexity index is 868. The van der Waals surface area contributed by atoms with Crippen molar-refractivity contribution in [2.24, 2.45) is 0 Å². The molecule has 0 radical (unpaired) electrons. The molecule has 0 saturated heterocycles. The van der Waals surface area contributed by atoms with Gasteiger partial charge in [0.2, 0.25) is 0 Å². The summed E-state index contributed by atoms with van der Waals surface area (Å²) in [7, 11) is 0. The van der Waals surface area contributed by atoms with Gasteiger partial charge in [-0.05, 0) is 31.2 Å². The smallest absolute Gasteiger partial charge is 0.316 e. The number of rotatable bonds is 6. The average molecular weight is 374 g/mol. The second-order valence-electron chi connectivity index (χ2n) is 5.08. The minimum absolute atomic E-state index is 0.175. The SMILES string of the molecule is CCOC(=O)CSc1nnc(-c2cccc(Cl)c2)n1-c1ccccc1. The van der Waals surface area contributed by atoms with Crippen molar-refractivity contribution in [2.45, 2.75) is 12.1 Å². The van der Waals surface area contributed by atoms with Crippen molar-refractivity contribution in [3.63, 3.8) is 0 Å². The summed E-state index contributed by atoms with van der Waals surface area (Å²) in [6, 6.07) is 17.2. The van der Waals surface area contributed by atoms with Gasteiger partial charge in [0.1, 0.15) is 0 Å². The van der Waals surface area contributed by atoms with Crippen LogP contribution in [0.3, 0.4) is 0 Å². The van der Waals surface area contributed by atoms with E-state index >= 15 is 0 Å². The van der Waals surface area contributed by atoms with Crippen LogP contribution in [0.4, 0.5) is 0 Å². The summed E-state index contributed by atoms with van der Waals surface area (Å²) >= 11 is 7.40. The number of carbonyl (C=O) groups excluding carboxylic acids is 1. The molecule has 0 N–H and O–H groups in total. The van der Waals surface area contributed by atoms with E-state index in [9.17, 15) is 4.79 Å². The molecule has 2 aromatic carbocycles. The summed E-state index contributed by atoms with van der Waals surface area (Å²) in [6.45, 7) is 2.14. The number of halogens is 1. The Morgan fingerprint density at radius 3 is 2.68 bits per heavy atom. The molecule has 7 heteroatoms. The molecular weight excluding hydrogens is 358 g/mol. The Balaban J connectivity index is 2.00. The first-order chi connectivity index (χ1) is 12.2. The highest BCUT2D eigenvalue weighted by Crippen LogP contribution is 2.29. The molecule has 0 aliphatic heterocycles. The van der Waals surface area contributed by atoms with Crippen LogP contribution in [0.25, 0.3) is 17.1 Å². The van der Waals surface area contributed by atoms with E-state index in [0.29, 0.717) is 22.6 Å². The van der Waals surface area contributed by atoms with Crippen molar-refractivity contribution in [3.05, 3.63) is 59.6 Å². The van der Waals surface area contributed by atoms with Crippen molar-refractivity contribution in [1.82, 2.24) is 14.8 Å². The lowest BCUT2D eigenvalue weighted by atomic mass is 10.2. The van der Waals surface area contributed by atoms with Crippen LogP contribution in [-0.2, 0) is 9.53 Å². The number of benzene rings is 2. The summed E-state index contributed by atoms with van der Waals surface area (Å²) in [5, 5.41) is 9.81. The van der Waals surface area contributed by atoms with Crippen LogP contribution in [0.15, 0.2) is 59.8 Å². The van der Waals surface area contributed by atoms with Crippen molar-refractivity contribution < 1.29 is 9.53 Å². The van der Waals surface area contributed by atoms with Crippen LogP contribution in [0.1, 0.15) is 6.92 Å². The molecule has 0 bridgehead atoms. The second kappa shape index (κ2) is 8.18. The van der Waals surface area contributed by atoms with E-state index in [2.05, 4.69) is 10.2 Å².